The normalized spacial score (nSPS) is 11.5. The largest absolute Gasteiger partial charge is 0.0628 e. The van der Waals surface area contributed by atoms with E-state index in [1.54, 1.807) is 0 Å². The van der Waals surface area contributed by atoms with E-state index in [4.69, 9.17) is 0 Å². The molecule has 0 N–H and O–H groups in total. The number of hydrogen-bond donors (Lipinski definition) is 0. The molecule has 0 aromatic heterocycles. The molecule has 0 aliphatic rings. The van der Waals surface area contributed by atoms with E-state index in [1.165, 1.54) is 167 Å². The zero-order valence-electron chi connectivity index (χ0n) is 39.0. The summed E-state index contributed by atoms with van der Waals surface area (Å²) < 4.78 is 0. The fourth-order valence-electron chi connectivity index (χ4n) is 6.19. The van der Waals surface area contributed by atoms with Crippen molar-refractivity contribution in [2.75, 3.05) is 0 Å². The van der Waals surface area contributed by atoms with Crippen molar-refractivity contribution in [3.63, 3.8) is 0 Å². The van der Waals surface area contributed by atoms with Crippen LogP contribution in [0.1, 0.15) is 278 Å². The first-order valence-electron chi connectivity index (χ1n) is 23.5. The summed E-state index contributed by atoms with van der Waals surface area (Å²) in [5, 5.41) is 0. The number of hydrogen-bond acceptors (Lipinski definition) is 0. The van der Waals surface area contributed by atoms with E-state index in [2.05, 4.69) is 111 Å². The predicted octanol–water partition coefficient (Wildman–Crippen LogP) is 19.3. The fourth-order valence-corrected chi connectivity index (χ4v) is 6.19. The Morgan fingerprint density at radius 2 is 0.220 bits per heavy atom. The lowest BCUT2D eigenvalue weighted by Crippen LogP contribution is -1.89. The first-order chi connectivity index (χ1) is 23.5. The van der Waals surface area contributed by atoms with Gasteiger partial charge >= 0.3 is 0 Å². The van der Waals surface area contributed by atoms with Crippen LogP contribution in [-0.4, -0.2) is 0 Å². The standard InChI is InChI=1S/C14H30.C13H28.C12H26.C11H24/c1-13(2)11-9-7-5-6-8-10-12-14(3)4;1-12(2)10-8-6-5-7-9-11-13(3)4;1-11(2)9-7-5-6-8-10-12(3)4;1-10(2)8-6-5-7-9-11(3)4/h13-14H,5-12H2,1-4H3;12-13H,5-11H2,1-4H3;11-12H,5-10H2,1-4H3;10-11H,5-9H2,1-4H3. The Hall–Kier alpha value is 0. The molecule has 0 aromatic carbocycles. The highest BCUT2D eigenvalue weighted by Crippen LogP contribution is 2.16. The molecule has 0 aliphatic carbocycles. The molecule has 0 saturated carbocycles. The molecule has 308 valence electrons. The van der Waals surface area contributed by atoms with Gasteiger partial charge in [-0.3, -0.25) is 0 Å². The van der Waals surface area contributed by atoms with E-state index < -0.39 is 0 Å². The molecule has 0 amide bonds. The van der Waals surface area contributed by atoms with Crippen molar-refractivity contribution in [2.24, 2.45) is 47.3 Å². The second-order valence-electron chi connectivity index (χ2n) is 19.8. The maximum Gasteiger partial charge on any atom is -0.0471 e. The third-order valence-corrected chi connectivity index (χ3v) is 9.75. The number of unbranched alkanes of at least 4 members (excludes halogenated alkanes) is 14. The van der Waals surface area contributed by atoms with Gasteiger partial charge < -0.3 is 0 Å². The van der Waals surface area contributed by atoms with Crippen molar-refractivity contribution in [3.8, 4) is 0 Å². The minimum Gasteiger partial charge on any atom is -0.0628 e. The van der Waals surface area contributed by atoms with Crippen LogP contribution in [0.5, 0.6) is 0 Å². The Labute approximate surface area is 324 Å². The Morgan fingerprint density at radius 3 is 0.320 bits per heavy atom. The average molecular weight is 709 g/mol. The van der Waals surface area contributed by atoms with E-state index in [-0.39, 0.29) is 0 Å². The summed E-state index contributed by atoms with van der Waals surface area (Å²) in [5.41, 5.74) is 0. The molecule has 0 spiro atoms. The number of rotatable bonds is 30. The van der Waals surface area contributed by atoms with E-state index in [1.807, 2.05) is 0 Å². The maximum atomic E-state index is 2.32. The topological polar surface area (TPSA) is 0 Å². The van der Waals surface area contributed by atoms with Crippen molar-refractivity contribution in [3.05, 3.63) is 0 Å². The monoisotopic (exact) mass is 709 g/mol. The van der Waals surface area contributed by atoms with Crippen molar-refractivity contribution < 1.29 is 0 Å². The van der Waals surface area contributed by atoms with Gasteiger partial charge in [0.25, 0.3) is 0 Å². The lowest BCUT2D eigenvalue weighted by molar-refractivity contribution is 0.486. The zero-order chi connectivity index (χ0) is 39.0. The molecular weight excluding hydrogens is 601 g/mol. The Bertz CT molecular complexity index is 500. The van der Waals surface area contributed by atoms with E-state index in [0.717, 1.165) is 47.3 Å². The summed E-state index contributed by atoms with van der Waals surface area (Å²) in [6.45, 7) is 37.0. The minimum absolute atomic E-state index is 0.897. The van der Waals surface area contributed by atoms with E-state index in [9.17, 15) is 0 Å². The molecule has 0 rings (SSSR count). The quantitative estimate of drug-likeness (QED) is 0.0652. The van der Waals surface area contributed by atoms with E-state index >= 15 is 0 Å². The van der Waals surface area contributed by atoms with Gasteiger partial charge in [0.05, 0.1) is 0 Å². The molecule has 0 unspecified atom stereocenters. The first kappa shape index (κ1) is 56.7. The molecular formula is C50H108. The molecule has 0 atom stereocenters. The van der Waals surface area contributed by atoms with Crippen LogP contribution in [0.15, 0.2) is 0 Å². The van der Waals surface area contributed by atoms with Gasteiger partial charge in [-0.05, 0) is 47.3 Å². The second kappa shape index (κ2) is 45.2. The Morgan fingerprint density at radius 1 is 0.140 bits per heavy atom. The van der Waals surface area contributed by atoms with E-state index in [0.29, 0.717) is 0 Å². The summed E-state index contributed by atoms with van der Waals surface area (Å²) in [4.78, 5) is 0. The van der Waals surface area contributed by atoms with Crippen LogP contribution in [0.25, 0.3) is 0 Å². The molecule has 0 aromatic rings. The maximum absolute atomic E-state index is 2.32. The SMILES string of the molecule is CC(C)CCCCCC(C)C.CC(C)CCCCCCC(C)C.CC(C)CCCCCCCC(C)C.CC(C)CCCCCCCCC(C)C. The average Bonchev–Trinajstić information content (AvgIpc) is 2.99. The highest BCUT2D eigenvalue weighted by molar-refractivity contribution is 4.53. The smallest absolute Gasteiger partial charge is 0.0471 e. The zero-order valence-corrected chi connectivity index (χ0v) is 39.0. The molecule has 0 nitrogen and oxygen atoms in total. The van der Waals surface area contributed by atoms with Gasteiger partial charge in [-0.2, -0.15) is 0 Å². The summed E-state index contributed by atoms with van der Waals surface area (Å²) in [6, 6.07) is 0. The molecule has 0 bridgehead atoms. The van der Waals surface area contributed by atoms with Crippen LogP contribution in [0, 0.1) is 47.3 Å². The predicted molar refractivity (Wildman–Crippen MR) is 239 cm³/mol. The van der Waals surface area contributed by atoms with Gasteiger partial charge in [0, 0.05) is 0 Å². The summed E-state index contributed by atoms with van der Waals surface area (Å²) >= 11 is 0. The Kier molecular flexibility index (Phi) is 51.2. The second-order valence-corrected chi connectivity index (χ2v) is 19.8. The van der Waals surface area contributed by atoms with Crippen LogP contribution >= 0.6 is 0 Å². The van der Waals surface area contributed by atoms with Crippen molar-refractivity contribution in [1.82, 2.24) is 0 Å². The van der Waals surface area contributed by atoms with Gasteiger partial charge in [0.1, 0.15) is 0 Å². The van der Waals surface area contributed by atoms with Crippen LogP contribution in [-0.2, 0) is 0 Å². The van der Waals surface area contributed by atoms with Gasteiger partial charge in [-0.25, -0.2) is 0 Å². The Balaban J connectivity index is -0.000000283. The van der Waals surface area contributed by atoms with Gasteiger partial charge in [-0.1, -0.05) is 278 Å². The summed E-state index contributed by atoms with van der Waals surface area (Å²) in [7, 11) is 0. The molecule has 0 heteroatoms. The van der Waals surface area contributed by atoms with Crippen LogP contribution < -0.4 is 0 Å². The summed E-state index contributed by atoms with van der Waals surface area (Å²) in [6.07, 6.45) is 37.4. The third kappa shape index (κ3) is 73.4. The van der Waals surface area contributed by atoms with Gasteiger partial charge in [-0.15, -0.1) is 0 Å². The highest BCUT2D eigenvalue weighted by Gasteiger charge is 1.99. The molecule has 0 saturated heterocycles. The highest BCUT2D eigenvalue weighted by atomic mass is 14.1. The van der Waals surface area contributed by atoms with Crippen LogP contribution in [0.2, 0.25) is 0 Å². The molecule has 0 aliphatic heterocycles. The molecule has 0 fully saturated rings. The van der Waals surface area contributed by atoms with Crippen molar-refractivity contribution in [1.29, 1.82) is 0 Å². The summed E-state index contributed by atoms with van der Waals surface area (Å²) in [5.74, 6) is 7.19. The molecule has 0 radical (unpaired) electrons. The first-order valence-corrected chi connectivity index (χ1v) is 23.5. The van der Waals surface area contributed by atoms with Crippen LogP contribution in [0.3, 0.4) is 0 Å². The third-order valence-electron chi connectivity index (χ3n) is 9.75. The van der Waals surface area contributed by atoms with Crippen molar-refractivity contribution in [2.45, 2.75) is 278 Å². The van der Waals surface area contributed by atoms with Crippen molar-refractivity contribution >= 4 is 0 Å². The fraction of sp³-hybridized carbons (Fsp3) is 1.00. The molecule has 0 heterocycles. The molecule has 50 heavy (non-hydrogen) atoms. The lowest BCUT2D eigenvalue weighted by atomic mass is 10.0. The minimum atomic E-state index is 0.897. The van der Waals surface area contributed by atoms with Gasteiger partial charge in [0.15, 0.2) is 0 Å². The van der Waals surface area contributed by atoms with Crippen LogP contribution in [0.4, 0.5) is 0 Å². The van der Waals surface area contributed by atoms with Gasteiger partial charge in [0.2, 0.25) is 0 Å². The lowest BCUT2D eigenvalue weighted by Gasteiger charge is -2.05.